The van der Waals surface area contributed by atoms with Gasteiger partial charge in [0.2, 0.25) is 0 Å². The van der Waals surface area contributed by atoms with E-state index in [-0.39, 0.29) is 11.0 Å². The lowest BCUT2D eigenvalue weighted by molar-refractivity contribution is 0.102. The van der Waals surface area contributed by atoms with E-state index in [1.54, 1.807) is 0 Å². The van der Waals surface area contributed by atoms with E-state index in [2.05, 4.69) is 15.4 Å². The molecule has 0 fully saturated rings. The highest BCUT2D eigenvalue weighted by atomic mass is 35.5. The largest absolute Gasteiger partial charge is 0.305 e. The number of nitrogens with one attached hydrogen (secondary N) is 1. The Bertz CT molecular complexity index is 588. The number of rotatable bonds is 4. The van der Waals surface area contributed by atoms with Gasteiger partial charge in [-0.15, -0.1) is 0 Å². The number of nitrogens with zero attached hydrogens (tertiary/aromatic N) is 3. The molecule has 0 aliphatic heterocycles. The molecule has 0 spiro atoms. The number of hydrogen-bond donors (Lipinski definition) is 1. The summed E-state index contributed by atoms with van der Waals surface area (Å²) in [6.45, 7) is -0.517. The highest BCUT2D eigenvalue weighted by Gasteiger charge is 2.10. The minimum atomic E-state index is -2.50. The van der Waals surface area contributed by atoms with Crippen molar-refractivity contribution in [2.45, 2.75) is 13.0 Å². The number of carbonyl (C=O) groups is 1. The maximum atomic E-state index is 12.1. The molecule has 0 saturated carbocycles. The van der Waals surface area contributed by atoms with Gasteiger partial charge in [0.15, 0.2) is 5.82 Å². The van der Waals surface area contributed by atoms with E-state index in [0.29, 0.717) is 5.56 Å². The van der Waals surface area contributed by atoms with Crippen LogP contribution in [0.25, 0.3) is 0 Å². The summed E-state index contributed by atoms with van der Waals surface area (Å²) >= 11 is 5.66. The number of amides is 1. The molecule has 5 nitrogen and oxygen atoms in total. The molecule has 19 heavy (non-hydrogen) atoms. The third-order valence-corrected chi connectivity index (χ3v) is 2.40. The fourth-order valence-electron chi connectivity index (χ4n) is 1.40. The summed E-state index contributed by atoms with van der Waals surface area (Å²) in [7, 11) is 0. The van der Waals surface area contributed by atoms with Gasteiger partial charge in [0, 0.05) is 24.0 Å². The molecule has 100 valence electrons. The van der Waals surface area contributed by atoms with E-state index in [0.717, 1.165) is 4.68 Å². The SMILES string of the molecule is O=C(Nc1ccn(CC(F)F)n1)c1ccnc(Cl)c1. The molecule has 1 N–H and O–H groups in total. The van der Waals surface area contributed by atoms with Crippen molar-refractivity contribution in [2.24, 2.45) is 0 Å². The number of pyridine rings is 1. The minimum absolute atomic E-state index is 0.191. The van der Waals surface area contributed by atoms with Crippen LogP contribution in [0.2, 0.25) is 5.15 Å². The van der Waals surface area contributed by atoms with Crippen LogP contribution in [0.15, 0.2) is 30.6 Å². The Labute approximate surface area is 112 Å². The van der Waals surface area contributed by atoms with Crippen LogP contribution < -0.4 is 5.32 Å². The van der Waals surface area contributed by atoms with Crippen molar-refractivity contribution < 1.29 is 13.6 Å². The number of carbonyl (C=O) groups excluding carboxylic acids is 1. The van der Waals surface area contributed by atoms with E-state index in [1.807, 2.05) is 0 Å². The Morgan fingerprint density at radius 1 is 1.47 bits per heavy atom. The van der Waals surface area contributed by atoms with Gasteiger partial charge in [0.05, 0.1) is 0 Å². The molecular formula is C11H9ClF2N4O. The maximum absolute atomic E-state index is 12.1. The van der Waals surface area contributed by atoms with Gasteiger partial charge in [0.1, 0.15) is 11.7 Å². The van der Waals surface area contributed by atoms with Crippen LogP contribution in [0, 0.1) is 0 Å². The lowest BCUT2D eigenvalue weighted by Gasteiger charge is -2.02. The van der Waals surface area contributed by atoms with E-state index in [4.69, 9.17) is 11.6 Å². The summed E-state index contributed by atoms with van der Waals surface area (Å²) in [5.74, 6) is -0.245. The van der Waals surface area contributed by atoms with E-state index < -0.39 is 18.9 Å². The Balaban J connectivity index is 2.05. The molecule has 0 atom stereocenters. The van der Waals surface area contributed by atoms with Crippen LogP contribution in [-0.2, 0) is 6.54 Å². The normalized spacial score (nSPS) is 10.7. The lowest BCUT2D eigenvalue weighted by atomic mass is 10.2. The number of halogens is 3. The van der Waals surface area contributed by atoms with Crippen LogP contribution in [0.4, 0.5) is 14.6 Å². The molecule has 0 bridgehead atoms. The number of alkyl halides is 2. The molecular weight excluding hydrogens is 278 g/mol. The van der Waals surface area contributed by atoms with Crippen molar-refractivity contribution >= 4 is 23.3 Å². The zero-order valence-corrected chi connectivity index (χ0v) is 10.3. The van der Waals surface area contributed by atoms with Crippen molar-refractivity contribution in [3.8, 4) is 0 Å². The average Bonchev–Trinajstić information content (AvgIpc) is 2.75. The smallest absolute Gasteiger partial charge is 0.257 e. The quantitative estimate of drug-likeness (QED) is 0.878. The van der Waals surface area contributed by atoms with Gasteiger partial charge in [-0.05, 0) is 12.1 Å². The van der Waals surface area contributed by atoms with Gasteiger partial charge >= 0.3 is 0 Å². The van der Waals surface area contributed by atoms with Crippen molar-refractivity contribution in [3.63, 3.8) is 0 Å². The van der Waals surface area contributed by atoms with E-state index in [1.165, 1.54) is 30.6 Å². The first kappa shape index (κ1) is 13.4. The van der Waals surface area contributed by atoms with Crippen LogP contribution in [0.1, 0.15) is 10.4 Å². The molecule has 0 aliphatic rings. The van der Waals surface area contributed by atoms with Gasteiger partial charge < -0.3 is 5.32 Å². The number of aromatic nitrogens is 3. The average molecular weight is 287 g/mol. The number of hydrogen-bond acceptors (Lipinski definition) is 3. The second-order valence-corrected chi connectivity index (χ2v) is 4.02. The molecule has 2 heterocycles. The van der Waals surface area contributed by atoms with Gasteiger partial charge in [-0.1, -0.05) is 11.6 Å². The molecule has 8 heteroatoms. The van der Waals surface area contributed by atoms with Crippen LogP contribution in [0.3, 0.4) is 0 Å². The summed E-state index contributed by atoms with van der Waals surface area (Å²) in [6.07, 6.45) is 0.260. The highest BCUT2D eigenvalue weighted by molar-refractivity contribution is 6.29. The highest BCUT2D eigenvalue weighted by Crippen LogP contribution is 2.10. The minimum Gasteiger partial charge on any atom is -0.305 e. The van der Waals surface area contributed by atoms with Gasteiger partial charge in [-0.25, -0.2) is 13.8 Å². The second-order valence-electron chi connectivity index (χ2n) is 3.64. The van der Waals surface area contributed by atoms with Gasteiger partial charge in [-0.2, -0.15) is 5.10 Å². The van der Waals surface area contributed by atoms with Gasteiger partial charge in [-0.3, -0.25) is 9.48 Å². The molecule has 2 rings (SSSR count). The first-order valence-electron chi connectivity index (χ1n) is 5.29. The Kier molecular flexibility index (Phi) is 4.06. The zero-order valence-electron chi connectivity index (χ0n) is 9.55. The molecule has 0 aromatic carbocycles. The van der Waals surface area contributed by atoms with E-state index in [9.17, 15) is 13.6 Å². The molecule has 0 saturated heterocycles. The molecule has 0 radical (unpaired) electrons. The second kappa shape index (κ2) is 5.75. The molecule has 2 aromatic heterocycles. The topological polar surface area (TPSA) is 59.8 Å². The Morgan fingerprint density at radius 3 is 2.95 bits per heavy atom. The first-order chi connectivity index (χ1) is 9.04. The summed E-state index contributed by atoms with van der Waals surface area (Å²) in [6, 6.07) is 4.31. The molecule has 1 amide bonds. The van der Waals surface area contributed by atoms with Crippen molar-refractivity contribution in [3.05, 3.63) is 41.3 Å². The summed E-state index contributed by atoms with van der Waals surface area (Å²) in [4.78, 5) is 15.6. The third kappa shape index (κ3) is 3.72. The van der Waals surface area contributed by atoms with Crippen LogP contribution >= 0.6 is 11.6 Å². The van der Waals surface area contributed by atoms with Crippen molar-refractivity contribution in [1.82, 2.24) is 14.8 Å². The molecule has 2 aromatic rings. The molecule has 0 aliphatic carbocycles. The summed E-state index contributed by atoms with van der Waals surface area (Å²) in [5, 5.41) is 6.46. The fraction of sp³-hybridized carbons (Fsp3) is 0.182. The fourth-order valence-corrected chi connectivity index (χ4v) is 1.58. The molecule has 0 unspecified atom stereocenters. The Hall–Kier alpha value is -2.02. The van der Waals surface area contributed by atoms with Crippen LogP contribution in [-0.4, -0.2) is 27.1 Å². The van der Waals surface area contributed by atoms with Crippen molar-refractivity contribution in [2.75, 3.05) is 5.32 Å². The monoisotopic (exact) mass is 286 g/mol. The number of anilines is 1. The lowest BCUT2D eigenvalue weighted by Crippen LogP contribution is -2.13. The predicted octanol–water partition coefficient (Wildman–Crippen LogP) is 2.45. The van der Waals surface area contributed by atoms with Crippen LogP contribution in [0.5, 0.6) is 0 Å². The summed E-state index contributed by atoms with van der Waals surface area (Å²) in [5.41, 5.74) is 0.309. The van der Waals surface area contributed by atoms with Crippen molar-refractivity contribution in [1.29, 1.82) is 0 Å². The zero-order chi connectivity index (χ0) is 13.8. The van der Waals surface area contributed by atoms with E-state index >= 15 is 0 Å². The third-order valence-electron chi connectivity index (χ3n) is 2.20. The predicted molar refractivity (Wildman–Crippen MR) is 65.4 cm³/mol. The van der Waals surface area contributed by atoms with Gasteiger partial charge in [0.25, 0.3) is 12.3 Å². The maximum Gasteiger partial charge on any atom is 0.257 e. The Morgan fingerprint density at radius 2 is 2.26 bits per heavy atom. The standard InChI is InChI=1S/C11H9ClF2N4O/c12-8-5-7(1-3-15-8)11(19)16-10-2-4-18(17-10)6-9(13)14/h1-5,9H,6H2,(H,16,17,19). The first-order valence-corrected chi connectivity index (χ1v) is 5.67. The summed E-state index contributed by atoms with van der Waals surface area (Å²) < 4.78 is 25.3.